The summed E-state index contributed by atoms with van der Waals surface area (Å²) in [5.74, 6) is -0.415. The first-order valence-electron chi connectivity index (χ1n) is 8.02. The van der Waals surface area contributed by atoms with Crippen LogP contribution in [-0.4, -0.2) is 41.0 Å². The number of carbonyl (C=O) groups excluding carboxylic acids is 1. The van der Waals surface area contributed by atoms with Crippen LogP contribution < -0.4 is 11.1 Å². The molecule has 8 heteroatoms. The Balaban J connectivity index is 0.00000225. The predicted octanol–water partition coefficient (Wildman–Crippen LogP) is 1.60. The zero-order valence-electron chi connectivity index (χ0n) is 13.8. The highest BCUT2D eigenvalue weighted by atomic mass is 35.5. The molecule has 2 heterocycles. The largest absolute Gasteiger partial charge is 0.381 e. The molecule has 0 saturated carbocycles. The summed E-state index contributed by atoms with van der Waals surface area (Å²) in [7, 11) is 0. The van der Waals surface area contributed by atoms with Gasteiger partial charge in [0.1, 0.15) is 5.82 Å². The van der Waals surface area contributed by atoms with Crippen molar-refractivity contribution in [2.45, 2.75) is 24.8 Å². The maximum Gasteiger partial charge on any atom is 0.240 e. The van der Waals surface area contributed by atoms with Crippen LogP contribution in [0.5, 0.6) is 0 Å². The molecule has 25 heavy (non-hydrogen) atoms. The monoisotopic (exact) mass is 368 g/mol. The Hall–Kier alpha value is -1.96. The van der Waals surface area contributed by atoms with Crippen LogP contribution in [0.3, 0.4) is 0 Å². The molecule has 1 aliphatic heterocycles. The first-order valence-corrected chi connectivity index (χ1v) is 8.02. The Morgan fingerprint density at radius 2 is 1.96 bits per heavy atom. The van der Waals surface area contributed by atoms with Gasteiger partial charge in [-0.1, -0.05) is 0 Å². The summed E-state index contributed by atoms with van der Waals surface area (Å²) in [4.78, 5) is 12.2. The van der Waals surface area contributed by atoms with Crippen LogP contribution in [-0.2, 0) is 16.0 Å². The van der Waals surface area contributed by atoms with Gasteiger partial charge in [-0.3, -0.25) is 4.79 Å². The first-order chi connectivity index (χ1) is 11.6. The molecule has 0 bridgehead atoms. The SMILES string of the molecule is Cl.NC1(C(=O)NCCc2ccn(-c3ccc(F)cc3)n2)CCOCC1. The topological polar surface area (TPSA) is 82.2 Å². The number of nitrogens with zero attached hydrogens (tertiary/aromatic N) is 2. The fourth-order valence-electron chi connectivity index (χ4n) is 2.68. The second-order valence-electron chi connectivity index (χ2n) is 6.00. The Bertz CT molecular complexity index is 699. The lowest BCUT2D eigenvalue weighted by Gasteiger charge is -2.31. The lowest BCUT2D eigenvalue weighted by molar-refractivity contribution is -0.129. The molecule has 0 aliphatic carbocycles. The number of carbonyl (C=O) groups is 1. The van der Waals surface area contributed by atoms with Gasteiger partial charge in [-0.05, 0) is 43.2 Å². The number of ether oxygens (including phenoxy) is 1. The van der Waals surface area contributed by atoms with Crippen LogP contribution >= 0.6 is 12.4 Å². The van der Waals surface area contributed by atoms with Gasteiger partial charge in [0.15, 0.2) is 0 Å². The minimum Gasteiger partial charge on any atom is -0.381 e. The summed E-state index contributed by atoms with van der Waals surface area (Å²) in [5.41, 5.74) is 6.94. The van der Waals surface area contributed by atoms with Crippen LogP contribution in [0.4, 0.5) is 4.39 Å². The highest BCUT2D eigenvalue weighted by Gasteiger charge is 2.35. The Labute approximate surface area is 151 Å². The second kappa shape index (κ2) is 8.42. The van der Waals surface area contributed by atoms with Crippen molar-refractivity contribution in [2.24, 2.45) is 5.73 Å². The van der Waals surface area contributed by atoms with Gasteiger partial charge in [0.25, 0.3) is 0 Å². The third kappa shape index (κ3) is 4.78. The number of aromatic nitrogens is 2. The van der Waals surface area contributed by atoms with Crippen molar-refractivity contribution in [2.75, 3.05) is 19.8 Å². The van der Waals surface area contributed by atoms with Gasteiger partial charge in [0.2, 0.25) is 5.91 Å². The maximum atomic E-state index is 12.9. The number of hydrogen-bond donors (Lipinski definition) is 2. The van der Waals surface area contributed by atoms with E-state index in [2.05, 4.69) is 10.4 Å². The summed E-state index contributed by atoms with van der Waals surface area (Å²) in [6, 6.07) is 7.99. The number of hydrogen-bond acceptors (Lipinski definition) is 4. The van der Waals surface area contributed by atoms with Gasteiger partial charge in [-0.15, -0.1) is 12.4 Å². The molecule has 2 aromatic rings. The number of nitrogens with two attached hydrogens (primary N) is 1. The van der Waals surface area contributed by atoms with Crippen molar-refractivity contribution in [1.82, 2.24) is 15.1 Å². The number of halogens is 2. The maximum absolute atomic E-state index is 12.9. The lowest BCUT2D eigenvalue weighted by atomic mass is 9.90. The van der Waals surface area contributed by atoms with E-state index < -0.39 is 5.54 Å². The standard InChI is InChI=1S/C17H21FN4O2.ClH/c18-13-1-3-15(4-2-13)22-10-6-14(21-22)5-9-20-16(23)17(19)7-11-24-12-8-17;/h1-4,6,10H,5,7-9,11-12,19H2,(H,20,23);1H. The van der Waals surface area contributed by atoms with E-state index in [1.807, 2.05) is 12.3 Å². The molecule has 0 radical (unpaired) electrons. The van der Waals surface area contributed by atoms with Crippen molar-refractivity contribution in [3.8, 4) is 5.69 Å². The molecule has 0 atom stereocenters. The molecule has 3 rings (SSSR count). The summed E-state index contributed by atoms with van der Waals surface area (Å²) in [6.07, 6.45) is 3.50. The average molecular weight is 369 g/mol. The van der Waals surface area contributed by atoms with E-state index in [-0.39, 0.29) is 24.1 Å². The number of rotatable bonds is 5. The molecule has 1 fully saturated rings. The third-order valence-electron chi connectivity index (χ3n) is 4.24. The summed E-state index contributed by atoms with van der Waals surface area (Å²) in [5, 5.41) is 7.31. The molecule has 0 spiro atoms. The Kier molecular flexibility index (Phi) is 6.52. The quantitative estimate of drug-likeness (QED) is 0.839. The van der Waals surface area contributed by atoms with Crippen molar-refractivity contribution >= 4 is 18.3 Å². The molecular formula is C17H22ClFN4O2. The van der Waals surface area contributed by atoms with E-state index in [1.165, 1.54) is 12.1 Å². The van der Waals surface area contributed by atoms with E-state index in [4.69, 9.17) is 10.5 Å². The van der Waals surface area contributed by atoms with E-state index in [9.17, 15) is 9.18 Å². The highest BCUT2D eigenvalue weighted by molar-refractivity contribution is 5.86. The normalized spacial score (nSPS) is 16.1. The van der Waals surface area contributed by atoms with Crippen LogP contribution in [0.1, 0.15) is 18.5 Å². The molecule has 6 nitrogen and oxygen atoms in total. The van der Waals surface area contributed by atoms with Crippen molar-refractivity contribution in [3.05, 3.63) is 48.0 Å². The molecule has 0 unspecified atom stereocenters. The van der Waals surface area contributed by atoms with Crippen molar-refractivity contribution in [1.29, 1.82) is 0 Å². The Morgan fingerprint density at radius 1 is 1.28 bits per heavy atom. The molecule has 3 N–H and O–H groups in total. The van der Waals surface area contributed by atoms with Gasteiger partial charge < -0.3 is 15.8 Å². The van der Waals surface area contributed by atoms with Crippen LogP contribution in [0.25, 0.3) is 5.69 Å². The fraction of sp³-hybridized carbons (Fsp3) is 0.412. The minimum absolute atomic E-state index is 0. The van der Waals surface area contributed by atoms with E-state index in [0.29, 0.717) is 39.0 Å². The van der Waals surface area contributed by atoms with E-state index >= 15 is 0 Å². The van der Waals surface area contributed by atoms with E-state index in [0.717, 1.165) is 11.4 Å². The first kappa shape index (κ1) is 19.4. The molecule has 1 aromatic carbocycles. The zero-order valence-corrected chi connectivity index (χ0v) is 14.6. The Morgan fingerprint density at radius 3 is 2.64 bits per heavy atom. The molecular weight excluding hydrogens is 347 g/mol. The van der Waals surface area contributed by atoms with E-state index in [1.54, 1.807) is 16.8 Å². The number of nitrogens with one attached hydrogen (secondary N) is 1. The summed E-state index contributed by atoms with van der Waals surface area (Å²) < 4.78 is 19.9. The lowest BCUT2D eigenvalue weighted by Crippen LogP contribution is -2.57. The smallest absolute Gasteiger partial charge is 0.240 e. The molecule has 1 aliphatic rings. The van der Waals surface area contributed by atoms with Crippen molar-refractivity contribution in [3.63, 3.8) is 0 Å². The van der Waals surface area contributed by atoms with Gasteiger partial charge in [0, 0.05) is 32.4 Å². The minimum atomic E-state index is -0.828. The summed E-state index contributed by atoms with van der Waals surface area (Å²) >= 11 is 0. The highest BCUT2D eigenvalue weighted by Crippen LogP contribution is 2.17. The molecule has 1 saturated heterocycles. The molecule has 1 amide bonds. The third-order valence-corrected chi connectivity index (χ3v) is 4.24. The number of benzene rings is 1. The summed E-state index contributed by atoms with van der Waals surface area (Å²) in [6.45, 7) is 1.51. The van der Waals surface area contributed by atoms with Crippen molar-refractivity contribution < 1.29 is 13.9 Å². The van der Waals surface area contributed by atoms with Gasteiger partial charge in [-0.25, -0.2) is 9.07 Å². The van der Waals surface area contributed by atoms with Crippen LogP contribution in [0.15, 0.2) is 36.5 Å². The van der Waals surface area contributed by atoms with Gasteiger partial charge in [-0.2, -0.15) is 5.10 Å². The average Bonchev–Trinajstić information content (AvgIpc) is 3.05. The van der Waals surface area contributed by atoms with Crippen LogP contribution in [0.2, 0.25) is 0 Å². The zero-order chi connectivity index (χ0) is 17.0. The number of amides is 1. The molecule has 136 valence electrons. The van der Waals surface area contributed by atoms with Gasteiger partial charge >= 0.3 is 0 Å². The fourth-order valence-corrected chi connectivity index (χ4v) is 2.68. The molecule has 1 aromatic heterocycles. The van der Waals surface area contributed by atoms with Crippen LogP contribution in [0, 0.1) is 5.82 Å². The van der Waals surface area contributed by atoms with Gasteiger partial charge in [0.05, 0.1) is 16.9 Å². The second-order valence-corrected chi connectivity index (χ2v) is 6.00. The predicted molar refractivity (Wildman–Crippen MR) is 94.5 cm³/mol.